The van der Waals surface area contributed by atoms with Gasteiger partial charge < -0.3 is 4.98 Å². The number of rotatable bonds is 2. The Morgan fingerprint density at radius 3 is 2.67 bits per heavy atom. The van der Waals surface area contributed by atoms with Crippen LogP contribution in [0.3, 0.4) is 0 Å². The molecule has 144 valence electrons. The zero-order valence-electron chi connectivity index (χ0n) is 16.0. The molecule has 2 aromatic carbocycles. The summed E-state index contributed by atoms with van der Waals surface area (Å²) in [5.41, 5.74) is 5.24. The van der Waals surface area contributed by atoms with Crippen molar-refractivity contribution in [2.24, 2.45) is 0 Å². The molecule has 0 radical (unpaired) electrons. The van der Waals surface area contributed by atoms with Gasteiger partial charge in [-0.1, -0.05) is 47.9 Å². The SMILES string of the molecule is CC#Cc1c(-c2cc(Cl)c3[nH]ncc3c2)c(-c2ccccc2)nc2[nH]c(=O)ccc12. The normalized spacial score (nSPS) is 10.9. The van der Waals surface area contributed by atoms with Gasteiger partial charge in [-0.15, -0.1) is 5.92 Å². The molecule has 6 heteroatoms. The van der Waals surface area contributed by atoms with Gasteiger partial charge in [0.1, 0.15) is 5.65 Å². The van der Waals surface area contributed by atoms with Gasteiger partial charge in [-0.2, -0.15) is 5.10 Å². The Labute approximate surface area is 176 Å². The van der Waals surface area contributed by atoms with Crippen molar-refractivity contribution >= 4 is 33.5 Å². The lowest BCUT2D eigenvalue weighted by atomic mass is 9.92. The molecule has 0 unspecified atom stereocenters. The fourth-order valence-corrected chi connectivity index (χ4v) is 3.94. The van der Waals surface area contributed by atoms with Crippen molar-refractivity contribution in [1.82, 2.24) is 20.2 Å². The number of pyridine rings is 2. The topological polar surface area (TPSA) is 74.4 Å². The number of nitrogens with one attached hydrogen (secondary N) is 2. The summed E-state index contributed by atoms with van der Waals surface area (Å²) in [6.07, 6.45) is 1.74. The van der Waals surface area contributed by atoms with E-state index in [1.54, 1.807) is 19.2 Å². The minimum Gasteiger partial charge on any atom is -0.307 e. The highest BCUT2D eigenvalue weighted by Crippen LogP contribution is 2.39. The fraction of sp³-hybridized carbons (Fsp3) is 0.0417. The smallest absolute Gasteiger partial charge is 0.249 e. The summed E-state index contributed by atoms with van der Waals surface area (Å²) >= 11 is 6.55. The van der Waals surface area contributed by atoms with Crippen molar-refractivity contribution in [3.05, 3.63) is 81.7 Å². The Kier molecular flexibility index (Phi) is 4.35. The van der Waals surface area contributed by atoms with Crippen molar-refractivity contribution in [3.8, 4) is 34.2 Å². The molecule has 0 saturated heterocycles. The number of halogens is 1. The molecule has 5 aromatic rings. The highest BCUT2D eigenvalue weighted by atomic mass is 35.5. The second-order valence-electron chi connectivity index (χ2n) is 6.83. The standard InChI is InChI=1S/C24H15ClN4O/c1-2-6-17-18-9-10-20(30)27-24(18)28-23(14-7-4-3-5-8-14)21(17)15-11-16-13-26-29-22(16)19(25)12-15/h3-5,7-13H,1H3,(H,26,29)(H,27,28,30). The first kappa shape index (κ1) is 18.2. The lowest BCUT2D eigenvalue weighted by Crippen LogP contribution is -2.06. The van der Waals surface area contributed by atoms with Crippen LogP contribution in [-0.4, -0.2) is 20.2 Å². The van der Waals surface area contributed by atoms with Crippen LogP contribution >= 0.6 is 11.6 Å². The highest BCUT2D eigenvalue weighted by molar-refractivity contribution is 6.35. The highest BCUT2D eigenvalue weighted by Gasteiger charge is 2.19. The zero-order valence-corrected chi connectivity index (χ0v) is 16.7. The lowest BCUT2D eigenvalue weighted by Gasteiger charge is -2.15. The van der Waals surface area contributed by atoms with Gasteiger partial charge in [0, 0.05) is 33.5 Å². The van der Waals surface area contributed by atoms with Crippen LogP contribution in [0.25, 0.3) is 44.3 Å². The van der Waals surface area contributed by atoms with E-state index in [2.05, 4.69) is 27.0 Å². The van der Waals surface area contributed by atoms with E-state index in [1.807, 2.05) is 42.5 Å². The first-order valence-electron chi connectivity index (χ1n) is 9.34. The van der Waals surface area contributed by atoms with Crippen LogP contribution < -0.4 is 5.56 Å². The van der Waals surface area contributed by atoms with Crippen LogP contribution in [0.5, 0.6) is 0 Å². The predicted molar refractivity (Wildman–Crippen MR) is 120 cm³/mol. The molecule has 0 amide bonds. The molecular weight excluding hydrogens is 396 g/mol. The van der Waals surface area contributed by atoms with Crippen LogP contribution in [0.2, 0.25) is 5.02 Å². The molecular formula is C24H15ClN4O. The number of fused-ring (bicyclic) bond motifs is 2. The second kappa shape index (κ2) is 7.18. The minimum absolute atomic E-state index is 0.208. The predicted octanol–water partition coefficient (Wildman–Crippen LogP) is 5.16. The first-order valence-corrected chi connectivity index (χ1v) is 9.71. The summed E-state index contributed by atoms with van der Waals surface area (Å²) in [5.74, 6) is 6.24. The second-order valence-corrected chi connectivity index (χ2v) is 7.24. The summed E-state index contributed by atoms with van der Waals surface area (Å²) in [7, 11) is 0. The molecule has 0 fully saturated rings. The molecule has 3 aromatic heterocycles. The Morgan fingerprint density at radius 2 is 1.87 bits per heavy atom. The van der Waals surface area contributed by atoms with E-state index >= 15 is 0 Å². The largest absolute Gasteiger partial charge is 0.307 e. The third-order valence-electron chi connectivity index (χ3n) is 4.96. The maximum atomic E-state index is 12.0. The van der Waals surface area contributed by atoms with Crippen molar-refractivity contribution in [3.63, 3.8) is 0 Å². The summed E-state index contributed by atoms with van der Waals surface area (Å²) < 4.78 is 0. The van der Waals surface area contributed by atoms with Gasteiger partial charge in [-0.3, -0.25) is 9.89 Å². The van der Waals surface area contributed by atoms with E-state index in [-0.39, 0.29) is 5.56 Å². The molecule has 0 aliphatic heterocycles. The summed E-state index contributed by atoms with van der Waals surface area (Å²) in [6.45, 7) is 1.79. The maximum Gasteiger partial charge on any atom is 0.249 e. The minimum atomic E-state index is -0.208. The summed E-state index contributed by atoms with van der Waals surface area (Å²) in [4.78, 5) is 19.6. The Bertz CT molecular complexity index is 1540. The van der Waals surface area contributed by atoms with Gasteiger partial charge in [-0.05, 0) is 30.7 Å². The van der Waals surface area contributed by atoms with Gasteiger partial charge >= 0.3 is 0 Å². The van der Waals surface area contributed by atoms with Crippen molar-refractivity contribution < 1.29 is 0 Å². The van der Waals surface area contributed by atoms with E-state index < -0.39 is 0 Å². The number of hydrogen-bond donors (Lipinski definition) is 2. The molecule has 5 nitrogen and oxygen atoms in total. The average molecular weight is 411 g/mol. The molecule has 30 heavy (non-hydrogen) atoms. The van der Waals surface area contributed by atoms with E-state index in [4.69, 9.17) is 16.6 Å². The summed E-state index contributed by atoms with van der Waals surface area (Å²) in [6, 6.07) is 17.0. The number of H-pyrrole nitrogens is 2. The van der Waals surface area contributed by atoms with Crippen LogP contribution in [0.1, 0.15) is 12.5 Å². The molecule has 3 heterocycles. The number of nitrogens with zero attached hydrogens (tertiary/aromatic N) is 2. The van der Waals surface area contributed by atoms with Crippen molar-refractivity contribution in [1.29, 1.82) is 0 Å². The van der Waals surface area contributed by atoms with Crippen LogP contribution in [0.15, 0.2) is 65.6 Å². The molecule has 2 N–H and O–H groups in total. The molecule has 0 bridgehead atoms. The average Bonchev–Trinajstić information content (AvgIpc) is 3.23. The van der Waals surface area contributed by atoms with E-state index in [0.717, 1.165) is 44.2 Å². The van der Waals surface area contributed by atoms with Crippen molar-refractivity contribution in [2.75, 3.05) is 0 Å². The summed E-state index contributed by atoms with van der Waals surface area (Å²) in [5, 5.41) is 9.27. The third-order valence-corrected chi connectivity index (χ3v) is 5.26. The van der Waals surface area contributed by atoms with Gasteiger partial charge in [0.15, 0.2) is 0 Å². The van der Waals surface area contributed by atoms with Crippen molar-refractivity contribution in [2.45, 2.75) is 6.92 Å². The molecule has 0 spiro atoms. The van der Waals surface area contributed by atoms with Gasteiger partial charge in [0.2, 0.25) is 5.56 Å². The van der Waals surface area contributed by atoms with Crippen LogP contribution in [-0.2, 0) is 0 Å². The Morgan fingerprint density at radius 1 is 1.03 bits per heavy atom. The zero-order chi connectivity index (χ0) is 20.7. The molecule has 5 rings (SSSR count). The van der Waals surface area contributed by atoms with Gasteiger partial charge in [-0.25, -0.2) is 4.98 Å². The number of benzene rings is 2. The number of hydrogen-bond acceptors (Lipinski definition) is 3. The number of aromatic amines is 2. The molecule has 0 aliphatic rings. The lowest BCUT2D eigenvalue weighted by molar-refractivity contribution is 1.12. The van der Waals surface area contributed by atoms with E-state index in [1.165, 1.54) is 6.07 Å². The Balaban J connectivity index is 1.97. The van der Waals surface area contributed by atoms with Crippen LogP contribution in [0.4, 0.5) is 0 Å². The maximum absolute atomic E-state index is 12.0. The van der Waals surface area contributed by atoms with Crippen LogP contribution in [0, 0.1) is 11.8 Å². The van der Waals surface area contributed by atoms with Gasteiger partial charge in [0.25, 0.3) is 0 Å². The first-order chi connectivity index (χ1) is 14.7. The number of aromatic nitrogens is 4. The molecule has 0 atom stereocenters. The quantitative estimate of drug-likeness (QED) is 0.395. The third kappa shape index (κ3) is 2.95. The fourth-order valence-electron chi connectivity index (χ4n) is 3.67. The van der Waals surface area contributed by atoms with E-state index in [9.17, 15) is 4.79 Å². The molecule has 0 saturated carbocycles. The molecule has 0 aliphatic carbocycles. The van der Waals surface area contributed by atoms with E-state index in [0.29, 0.717) is 10.7 Å². The monoisotopic (exact) mass is 410 g/mol. The Hall–Kier alpha value is -3.88. The van der Waals surface area contributed by atoms with Gasteiger partial charge in [0.05, 0.1) is 22.4 Å².